The van der Waals surface area contributed by atoms with Gasteiger partial charge >= 0.3 is 0 Å². The highest BCUT2D eigenvalue weighted by Gasteiger charge is 2.32. The van der Waals surface area contributed by atoms with Crippen LogP contribution in [0.3, 0.4) is 0 Å². The Kier molecular flexibility index (Phi) is 4.14. The number of halogens is 1. The van der Waals surface area contributed by atoms with Gasteiger partial charge in [-0.1, -0.05) is 12.1 Å². The second kappa shape index (κ2) is 6.30. The van der Waals surface area contributed by atoms with Crippen molar-refractivity contribution < 1.29 is 9.18 Å². The van der Waals surface area contributed by atoms with Crippen LogP contribution in [0.5, 0.6) is 0 Å². The van der Waals surface area contributed by atoms with Gasteiger partial charge < -0.3 is 4.90 Å². The molecule has 1 aliphatic carbocycles. The lowest BCUT2D eigenvalue weighted by Gasteiger charge is -2.34. The van der Waals surface area contributed by atoms with E-state index >= 15 is 0 Å². The van der Waals surface area contributed by atoms with E-state index in [2.05, 4.69) is 4.90 Å². The summed E-state index contributed by atoms with van der Waals surface area (Å²) < 4.78 is 13.8. The van der Waals surface area contributed by atoms with Gasteiger partial charge in [0.2, 0.25) is 0 Å². The van der Waals surface area contributed by atoms with Gasteiger partial charge in [-0.15, -0.1) is 11.3 Å². The van der Waals surface area contributed by atoms with Gasteiger partial charge in [0, 0.05) is 32.2 Å². The highest BCUT2D eigenvalue weighted by molar-refractivity contribution is 7.12. The average molecular weight is 344 g/mol. The highest BCUT2D eigenvalue weighted by atomic mass is 32.1. The predicted octanol–water partition coefficient (Wildman–Crippen LogP) is 3.78. The number of carbonyl (C=O) groups is 1. The molecule has 0 N–H and O–H groups in total. The number of benzene rings is 1. The van der Waals surface area contributed by atoms with Crippen molar-refractivity contribution in [3.8, 4) is 11.1 Å². The van der Waals surface area contributed by atoms with E-state index in [1.54, 1.807) is 19.1 Å². The molecule has 1 aromatic heterocycles. The minimum absolute atomic E-state index is 0.106. The molecule has 3 nitrogen and oxygen atoms in total. The van der Waals surface area contributed by atoms with Crippen molar-refractivity contribution in [2.24, 2.45) is 0 Å². The average Bonchev–Trinajstić information content (AvgIpc) is 3.34. The first-order chi connectivity index (χ1) is 11.6. The summed E-state index contributed by atoms with van der Waals surface area (Å²) in [5.41, 5.74) is 2.38. The number of piperazine rings is 1. The number of amides is 1. The smallest absolute Gasteiger partial charge is 0.264 e. The molecule has 0 unspecified atom stereocenters. The van der Waals surface area contributed by atoms with Crippen molar-refractivity contribution in [1.29, 1.82) is 0 Å². The van der Waals surface area contributed by atoms with Crippen LogP contribution < -0.4 is 0 Å². The third kappa shape index (κ3) is 3.10. The second-order valence-electron chi connectivity index (χ2n) is 6.72. The first kappa shape index (κ1) is 15.8. The number of hydrogen-bond donors (Lipinski definition) is 0. The Morgan fingerprint density at radius 1 is 1.12 bits per heavy atom. The molecule has 1 saturated heterocycles. The SMILES string of the molecule is Cc1ccc(-c2csc(C(=O)N3CCN(C4CC4)CC3)c2)cc1F. The van der Waals surface area contributed by atoms with Crippen LogP contribution in [0, 0.1) is 12.7 Å². The van der Waals surface area contributed by atoms with E-state index in [0.29, 0.717) is 5.56 Å². The van der Waals surface area contributed by atoms with Gasteiger partial charge in [0.25, 0.3) is 5.91 Å². The van der Waals surface area contributed by atoms with Crippen molar-refractivity contribution in [3.63, 3.8) is 0 Å². The number of hydrogen-bond acceptors (Lipinski definition) is 3. The Morgan fingerprint density at radius 2 is 1.88 bits per heavy atom. The molecule has 2 fully saturated rings. The summed E-state index contributed by atoms with van der Waals surface area (Å²) in [6.45, 7) is 5.34. The molecule has 4 rings (SSSR count). The molecule has 5 heteroatoms. The fourth-order valence-electron chi connectivity index (χ4n) is 3.26. The standard InChI is InChI=1S/C19H21FN2OS/c1-13-2-3-14(10-17(13)20)15-11-18(24-12-15)19(23)22-8-6-21(7-9-22)16-4-5-16/h2-3,10-12,16H,4-9H2,1H3. The van der Waals surface area contributed by atoms with Crippen LogP contribution in [0.15, 0.2) is 29.6 Å². The molecule has 1 amide bonds. The van der Waals surface area contributed by atoms with E-state index in [0.717, 1.165) is 48.2 Å². The van der Waals surface area contributed by atoms with Crippen molar-refractivity contribution >= 4 is 17.2 Å². The van der Waals surface area contributed by atoms with Crippen LogP contribution in [0.4, 0.5) is 4.39 Å². The number of nitrogens with zero attached hydrogens (tertiary/aromatic N) is 2. The van der Waals surface area contributed by atoms with E-state index in [1.807, 2.05) is 22.4 Å². The summed E-state index contributed by atoms with van der Waals surface area (Å²) in [5.74, 6) is -0.0999. The summed E-state index contributed by atoms with van der Waals surface area (Å²) >= 11 is 1.45. The normalized spacial score (nSPS) is 18.8. The molecule has 2 aliphatic rings. The number of thiophene rings is 1. The molecule has 1 saturated carbocycles. The van der Waals surface area contributed by atoms with Crippen molar-refractivity contribution in [2.75, 3.05) is 26.2 Å². The van der Waals surface area contributed by atoms with Crippen molar-refractivity contribution in [3.05, 3.63) is 45.9 Å². The maximum absolute atomic E-state index is 13.8. The molecule has 0 spiro atoms. The summed E-state index contributed by atoms with van der Waals surface area (Å²) in [6, 6.07) is 7.89. The van der Waals surface area contributed by atoms with Crippen molar-refractivity contribution in [2.45, 2.75) is 25.8 Å². The lowest BCUT2D eigenvalue weighted by molar-refractivity contribution is 0.0632. The van der Waals surface area contributed by atoms with E-state index in [4.69, 9.17) is 0 Å². The molecule has 1 aliphatic heterocycles. The van der Waals surface area contributed by atoms with Gasteiger partial charge in [0.1, 0.15) is 5.82 Å². The molecule has 0 atom stereocenters. The summed E-state index contributed by atoms with van der Waals surface area (Å²) in [5, 5.41) is 1.94. The van der Waals surface area contributed by atoms with Gasteiger partial charge in [-0.25, -0.2) is 4.39 Å². The molecule has 24 heavy (non-hydrogen) atoms. The van der Waals surface area contributed by atoms with Gasteiger partial charge in [-0.3, -0.25) is 9.69 Å². The lowest BCUT2D eigenvalue weighted by atomic mass is 10.1. The van der Waals surface area contributed by atoms with E-state index < -0.39 is 0 Å². The maximum atomic E-state index is 13.8. The number of carbonyl (C=O) groups excluding carboxylic acids is 1. The number of aryl methyl sites for hydroxylation is 1. The zero-order valence-corrected chi connectivity index (χ0v) is 14.6. The van der Waals surface area contributed by atoms with E-state index in [1.165, 1.54) is 24.2 Å². The Morgan fingerprint density at radius 3 is 2.54 bits per heavy atom. The maximum Gasteiger partial charge on any atom is 0.264 e. The van der Waals surface area contributed by atoms with Crippen molar-refractivity contribution in [1.82, 2.24) is 9.80 Å². The molecule has 2 heterocycles. The molecule has 0 radical (unpaired) electrons. The number of rotatable bonds is 3. The van der Waals surface area contributed by atoms with Crippen LogP contribution in [0.2, 0.25) is 0 Å². The summed E-state index contributed by atoms with van der Waals surface area (Å²) in [4.78, 5) is 17.9. The summed E-state index contributed by atoms with van der Waals surface area (Å²) in [7, 11) is 0. The van der Waals surface area contributed by atoms with Crippen LogP contribution in [-0.4, -0.2) is 47.9 Å². The fraction of sp³-hybridized carbons (Fsp3) is 0.421. The summed E-state index contributed by atoms with van der Waals surface area (Å²) in [6.07, 6.45) is 2.63. The van der Waals surface area contributed by atoms with Gasteiger partial charge in [-0.2, -0.15) is 0 Å². The zero-order chi connectivity index (χ0) is 16.7. The first-order valence-corrected chi connectivity index (χ1v) is 9.38. The minimum atomic E-state index is -0.206. The molecule has 2 aromatic rings. The molecular weight excluding hydrogens is 323 g/mol. The Bertz CT molecular complexity index is 760. The quantitative estimate of drug-likeness (QED) is 0.846. The predicted molar refractivity (Wildman–Crippen MR) is 94.9 cm³/mol. The van der Waals surface area contributed by atoms with Crippen LogP contribution in [0.1, 0.15) is 28.1 Å². The fourth-order valence-corrected chi connectivity index (χ4v) is 4.14. The van der Waals surface area contributed by atoms with Gasteiger partial charge in [0.15, 0.2) is 0 Å². The highest BCUT2D eigenvalue weighted by Crippen LogP contribution is 2.30. The third-order valence-electron chi connectivity index (χ3n) is 4.98. The first-order valence-electron chi connectivity index (χ1n) is 8.50. The molecule has 1 aromatic carbocycles. The van der Waals surface area contributed by atoms with Gasteiger partial charge in [-0.05, 0) is 54.0 Å². The largest absolute Gasteiger partial charge is 0.335 e. The van der Waals surface area contributed by atoms with Crippen LogP contribution in [0.25, 0.3) is 11.1 Å². The van der Waals surface area contributed by atoms with Crippen LogP contribution >= 0.6 is 11.3 Å². The molecule has 126 valence electrons. The minimum Gasteiger partial charge on any atom is -0.335 e. The molecule has 0 bridgehead atoms. The topological polar surface area (TPSA) is 23.6 Å². The second-order valence-corrected chi connectivity index (χ2v) is 7.63. The molecular formula is C19H21FN2OS. The Labute approximate surface area is 145 Å². The van der Waals surface area contributed by atoms with E-state index in [-0.39, 0.29) is 11.7 Å². The lowest BCUT2D eigenvalue weighted by Crippen LogP contribution is -2.49. The zero-order valence-electron chi connectivity index (χ0n) is 13.8. The Balaban J connectivity index is 1.45. The van der Waals surface area contributed by atoms with Crippen LogP contribution in [-0.2, 0) is 0 Å². The third-order valence-corrected chi connectivity index (χ3v) is 5.90. The van der Waals surface area contributed by atoms with E-state index in [9.17, 15) is 9.18 Å². The monoisotopic (exact) mass is 344 g/mol. The van der Waals surface area contributed by atoms with Gasteiger partial charge in [0.05, 0.1) is 4.88 Å². The Hall–Kier alpha value is -1.72.